The van der Waals surface area contributed by atoms with Crippen molar-refractivity contribution in [2.75, 3.05) is 42.5 Å². The molecule has 2 fully saturated rings. The van der Waals surface area contributed by atoms with Crippen LogP contribution in [0.3, 0.4) is 0 Å². The zero-order chi connectivity index (χ0) is 20.5. The number of primary amides is 1. The van der Waals surface area contributed by atoms with Crippen molar-refractivity contribution in [2.24, 2.45) is 12.8 Å². The number of aryl methyl sites for hydroxylation is 2. The van der Waals surface area contributed by atoms with Gasteiger partial charge >= 0.3 is 0 Å². The first-order valence-electron chi connectivity index (χ1n) is 10.0. The van der Waals surface area contributed by atoms with Crippen LogP contribution in [0.25, 0.3) is 0 Å². The molecule has 2 aliphatic rings. The van der Waals surface area contributed by atoms with E-state index in [-0.39, 0.29) is 11.9 Å². The predicted octanol–water partition coefficient (Wildman–Crippen LogP) is 0.540. The molecule has 4 rings (SSSR count). The largest absolute Gasteiger partial charge is 0.366 e. The highest BCUT2D eigenvalue weighted by molar-refractivity contribution is 5.97. The lowest BCUT2D eigenvalue weighted by molar-refractivity contribution is -0.125. The molecule has 2 saturated heterocycles. The molecule has 0 aliphatic carbocycles. The van der Waals surface area contributed by atoms with E-state index in [1.54, 1.807) is 10.7 Å². The number of piperazine rings is 1. The maximum atomic E-state index is 13.2. The van der Waals surface area contributed by atoms with Crippen LogP contribution in [0.5, 0.6) is 0 Å². The summed E-state index contributed by atoms with van der Waals surface area (Å²) in [4.78, 5) is 35.1. The van der Waals surface area contributed by atoms with Gasteiger partial charge in [0.15, 0.2) is 0 Å². The van der Waals surface area contributed by atoms with Gasteiger partial charge in [0.25, 0.3) is 0 Å². The highest BCUT2D eigenvalue weighted by Gasteiger charge is 2.36. The van der Waals surface area contributed by atoms with Gasteiger partial charge in [0.05, 0.1) is 17.3 Å². The fraction of sp³-hybridized carbons (Fsp3) is 0.500. The number of amides is 2. The zero-order valence-corrected chi connectivity index (χ0v) is 16.9. The first-order valence-corrected chi connectivity index (χ1v) is 10.0. The van der Waals surface area contributed by atoms with Crippen molar-refractivity contribution in [2.45, 2.75) is 25.8 Å². The van der Waals surface area contributed by atoms with E-state index in [0.29, 0.717) is 5.56 Å². The van der Waals surface area contributed by atoms with Gasteiger partial charge in [-0.15, -0.1) is 0 Å². The maximum absolute atomic E-state index is 13.2. The minimum absolute atomic E-state index is 0.0914. The number of rotatable bonds is 4. The molecule has 1 atom stereocenters. The van der Waals surface area contributed by atoms with Gasteiger partial charge in [0, 0.05) is 52.0 Å². The quantitative estimate of drug-likeness (QED) is 0.808. The fourth-order valence-electron chi connectivity index (χ4n) is 4.25. The molecule has 0 radical (unpaired) electrons. The molecule has 0 bridgehead atoms. The zero-order valence-electron chi connectivity index (χ0n) is 16.9. The Morgan fingerprint density at radius 2 is 1.93 bits per heavy atom. The number of piperidine rings is 1. The average Bonchev–Trinajstić information content (AvgIpc) is 3.06. The summed E-state index contributed by atoms with van der Waals surface area (Å²) in [7, 11) is 1.88. The SMILES string of the molecule is Cc1cc(N2CCCC(N3CCN(c4ccc(C(N)=O)cn4)CC3)C2=O)n(C)n1. The second-order valence-electron chi connectivity index (χ2n) is 7.71. The normalized spacial score (nSPS) is 20.9. The molecule has 0 spiro atoms. The first-order chi connectivity index (χ1) is 13.9. The Bertz CT molecular complexity index is 900. The number of carbonyl (C=O) groups is 2. The molecule has 29 heavy (non-hydrogen) atoms. The smallest absolute Gasteiger partial charge is 0.250 e. The summed E-state index contributed by atoms with van der Waals surface area (Å²) in [5.74, 6) is 1.39. The van der Waals surface area contributed by atoms with E-state index in [4.69, 9.17) is 5.73 Å². The number of carbonyl (C=O) groups excluding carboxylic acids is 2. The molecule has 2 amide bonds. The van der Waals surface area contributed by atoms with Crippen molar-refractivity contribution in [1.82, 2.24) is 19.7 Å². The Morgan fingerprint density at radius 3 is 2.52 bits per heavy atom. The summed E-state index contributed by atoms with van der Waals surface area (Å²) in [6.07, 6.45) is 3.39. The van der Waals surface area contributed by atoms with E-state index < -0.39 is 5.91 Å². The lowest BCUT2D eigenvalue weighted by Gasteiger charge is -2.42. The topological polar surface area (TPSA) is 101 Å². The van der Waals surface area contributed by atoms with Gasteiger partial charge in [-0.25, -0.2) is 4.98 Å². The van der Waals surface area contributed by atoms with E-state index in [9.17, 15) is 9.59 Å². The van der Waals surface area contributed by atoms with Gasteiger partial charge in [0.1, 0.15) is 11.6 Å². The van der Waals surface area contributed by atoms with E-state index in [0.717, 1.165) is 62.9 Å². The van der Waals surface area contributed by atoms with Crippen LogP contribution in [0.4, 0.5) is 11.6 Å². The molecule has 2 aromatic rings. The van der Waals surface area contributed by atoms with E-state index in [1.807, 2.05) is 31.0 Å². The molecule has 2 aliphatic heterocycles. The van der Waals surface area contributed by atoms with Crippen LogP contribution in [-0.2, 0) is 11.8 Å². The predicted molar refractivity (Wildman–Crippen MR) is 110 cm³/mol. The number of anilines is 2. The number of pyridine rings is 1. The van der Waals surface area contributed by atoms with Crippen LogP contribution in [0.1, 0.15) is 28.9 Å². The molecule has 9 heteroatoms. The second kappa shape index (κ2) is 7.82. The summed E-state index contributed by atoms with van der Waals surface area (Å²) in [6, 6.07) is 5.41. The van der Waals surface area contributed by atoms with Gasteiger partial charge in [-0.3, -0.25) is 24.1 Å². The molecule has 2 aromatic heterocycles. The van der Waals surface area contributed by atoms with Gasteiger partial charge in [-0.1, -0.05) is 0 Å². The third kappa shape index (κ3) is 3.82. The third-order valence-electron chi connectivity index (χ3n) is 5.78. The fourth-order valence-corrected chi connectivity index (χ4v) is 4.25. The first kappa shape index (κ1) is 19.4. The van der Waals surface area contributed by atoms with Crippen molar-refractivity contribution >= 4 is 23.5 Å². The number of aromatic nitrogens is 3. The Labute approximate surface area is 170 Å². The van der Waals surface area contributed by atoms with Crippen LogP contribution < -0.4 is 15.5 Å². The van der Waals surface area contributed by atoms with Crippen molar-refractivity contribution in [1.29, 1.82) is 0 Å². The minimum atomic E-state index is -0.474. The summed E-state index contributed by atoms with van der Waals surface area (Å²) in [5, 5.41) is 4.39. The standard InChI is InChI=1S/C20H27N7O2/c1-14-12-18(24(2)23-14)27-7-3-4-16(20(27)29)25-8-10-26(11-9-25)17-6-5-15(13-22-17)19(21)28/h5-6,12-13,16H,3-4,7-11H2,1-2H3,(H2,21,28). The average molecular weight is 397 g/mol. The van der Waals surface area contributed by atoms with Crippen LogP contribution >= 0.6 is 0 Å². The lowest BCUT2D eigenvalue weighted by atomic mass is 10.0. The van der Waals surface area contributed by atoms with Gasteiger partial charge < -0.3 is 10.6 Å². The van der Waals surface area contributed by atoms with E-state index in [2.05, 4.69) is 19.9 Å². The number of nitrogens with zero attached hydrogens (tertiary/aromatic N) is 6. The van der Waals surface area contributed by atoms with Crippen molar-refractivity contribution < 1.29 is 9.59 Å². The number of nitrogens with two attached hydrogens (primary N) is 1. The Balaban J connectivity index is 1.40. The molecular formula is C20H27N7O2. The van der Waals surface area contributed by atoms with Gasteiger partial charge in [0.2, 0.25) is 11.8 Å². The second-order valence-corrected chi connectivity index (χ2v) is 7.71. The highest BCUT2D eigenvalue weighted by atomic mass is 16.2. The third-order valence-corrected chi connectivity index (χ3v) is 5.78. The molecule has 1 unspecified atom stereocenters. The Hall–Kier alpha value is -2.94. The van der Waals surface area contributed by atoms with Crippen molar-refractivity contribution in [3.8, 4) is 0 Å². The minimum Gasteiger partial charge on any atom is -0.366 e. The molecule has 0 saturated carbocycles. The molecule has 0 aromatic carbocycles. The molecular weight excluding hydrogens is 370 g/mol. The summed E-state index contributed by atoms with van der Waals surface area (Å²) in [6.45, 7) is 5.86. The summed E-state index contributed by atoms with van der Waals surface area (Å²) >= 11 is 0. The molecule has 4 heterocycles. The Morgan fingerprint density at radius 1 is 1.17 bits per heavy atom. The molecule has 9 nitrogen and oxygen atoms in total. The molecule has 154 valence electrons. The van der Waals surface area contributed by atoms with Crippen LogP contribution in [0.15, 0.2) is 24.4 Å². The van der Waals surface area contributed by atoms with Crippen molar-refractivity contribution in [3.05, 3.63) is 35.7 Å². The van der Waals surface area contributed by atoms with Crippen LogP contribution in [0, 0.1) is 6.92 Å². The van der Waals surface area contributed by atoms with E-state index in [1.165, 1.54) is 6.20 Å². The van der Waals surface area contributed by atoms with Crippen LogP contribution in [-0.4, -0.2) is 70.2 Å². The van der Waals surface area contributed by atoms with Crippen molar-refractivity contribution in [3.63, 3.8) is 0 Å². The summed E-state index contributed by atoms with van der Waals surface area (Å²) in [5.41, 5.74) is 6.60. The van der Waals surface area contributed by atoms with Gasteiger partial charge in [-0.05, 0) is 31.9 Å². The number of hydrogen-bond acceptors (Lipinski definition) is 6. The lowest BCUT2D eigenvalue weighted by Crippen LogP contribution is -2.58. The highest BCUT2D eigenvalue weighted by Crippen LogP contribution is 2.25. The van der Waals surface area contributed by atoms with Crippen LogP contribution in [0.2, 0.25) is 0 Å². The monoisotopic (exact) mass is 397 g/mol. The maximum Gasteiger partial charge on any atom is 0.250 e. The summed E-state index contributed by atoms with van der Waals surface area (Å²) < 4.78 is 1.79. The Kier molecular flexibility index (Phi) is 5.23. The van der Waals surface area contributed by atoms with E-state index >= 15 is 0 Å². The number of hydrogen-bond donors (Lipinski definition) is 1. The molecule has 2 N–H and O–H groups in total. The van der Waals surface area contributed by atoms with Gasteiger partial charge in [-0.2, -0.15) is 5.10 Å².